The third-order valence-corrected chi connectivity index (χ3v) is 3.22. The van der Waals surface area contributed by atoms with E-state index in [4.69, 9.17) is 10.5 Å². The molecule has 1 rings (SSSR count). The number of carbonyl (C=O) groups excluding carboxylic acids is 1. The summed E-state index contributed by atoms with van der Waals surface area (Å²) in [7, 11) is 0. The van der Waals surface area contributed by atoms with E-state index in [2.05, 4.69) is 20.9 Å². The fourth-order valence-electron chi connectivity index (χ4n) is 1.45. The molecule has 0 aliphatic carbocycles. The first kappa shape index (κ1) is 15.0. The lowest BCUT2D eigenvalue weighted by Gasteiger charge is -2.12. The van der Waals surface area contributed by atoms with Gasteiger partial charge in [-0.25, -0.2) is 8.78 Å². The predicted molar refractivity (Wildman–Crippen MR) is 65.1 cm³/mol. The molecule has 0 aromatic carbocycles. The van der Waals surface area contributed by atoms with Crippen LogP contribution in [0.1, 0.15) is 30.2 Å². The molecule has 4 nitrogen and oxygen atoms in total. The van der Waals surface area contributed by atoms with Gasteiger partial charge >= 0.3 is 5.97 Å². The topological polar surface area (TPSA) is 65.2 Å². The van der Waals surface area contributed by atoms with Crippen molar-refractivity contribution >= 4 is 21.9 Å². The number of alkyl halides is 2. The number of halogens is 3. The molecule has 0 amide bonds. The molecule has 0 saturated carbocycles. The molecule has 7 heteroatoms. The van der Waals surface area contributed by atoms with Gasteiger partial charge in [0.05, 0.1) is 18.7 Å². The smallest absolute Gasteiger partial charge is 0.311 e. The van der Waals surface area contributed by atoms with Crippen LogP contribution in [0, 0.1) is 0 Å². The van der Waals surface area contributed by atoms with E-state index >= 15 is 0 Å². The molecule has 100 valence electrons. The first-order valence-electron chi connectivity index (χ1n) is 5.31. The third-order valence-electron chi connectivity index (χ3n) is 2.28. The Bertz CT molecular complexity index is 441. The van der Waals surface area contributed by atoms with E-state index in [1.807, 2.05) is 0 Å². The third kappa shape index (κ3) is 3.46. The Morgan fingerprint density at radius 3 is 2.78 bits per heavy atom. The molecule has 0 saturated heterocycles. The number of nitrogens with two attached hydrogens (primary N) is 1. The van der Waals surface area contributed by atoms with E-state index in [1.165, 1.54) is 0 Å². The highest BCUT2D eigenvalue weighted by Crippen LogP contribution is 2.29. The summed E-state index contributed by atoms with van der Waals surface area (Å²) in [6.07, 6.45) is -1.68. The van der Waals surface area contributed by atoms with Crippen LogP contribution in [-0.4, -0.2) is 17.6 Å². The summed E-state index contributed by atoms with van der Waals surface area (Å²) in [5.74, 6) is -0.460. The maximum atomic E-state index is 12.7. The number of hydrogen-bond acceptors (Lipinski definition) is 4. The lowest BCUT2D eigenvalue weighted by molar-refractivity contribution is -0.142. The molecular formula is C11H13BrF2N2O2. The molecule has 0 fully saturated rings. The van der Waals surface area contributed by atoms with Crippen LogP contribution in [0.5, 0.6) is 0 Å². The van der Waals surface area contributed by atoms with Crippen molar-refractivity contribution in [2.75, 3.05) is 6.61 Å². The van der Waals surface area contributed by atoms with Crippen molar-refractivity contribution in [2.24, 2.45) is 5.73 Å². The van der Waals surface area contributed by atoms with Crippen LogP contribution in [0.15, 0.2) is 10.7 Å². The number of hydrogen-bond donors (Lipinski definition) is 1. The minimum Gasteiger partial charge on any atom is -0.466 e. The molecule has 0 radical (unpaired) electrons. The van der Waals surface area contributed by atoms with Gasteiger partial charge in [-0.15, -0.1) is 0 Å². The maximum Gasteiger partial charge on any atom is 0.311 e. The van der Waals surface area contributed by atoms with Gasteiger partial charge in [0, 0.05) is 22.8 Å². The van der Waals surface area contributed by atoms with Crippen molar-refractivity contribution in [1.82, 2.24) is 4.98 Å². The standard InChI is InChI=1S/C11H13BrF2N2O2/c1-2-18-9(17)3-8-10(12)6(4-15)7(5-16-8)11(13)14/h5,11H,2-4,15H2,1H3. The summed E-state index contributed by atoms with van der Waals surface area (Å²) < 4.78 is 30.5. The maximum absolute atomic E-state index is 12.7. The van der Waals surface area contributed by atoms with Gasteiger partial charge in [-0.2, -0.15) is 0 Å². The van der Waals surface area contributed by atoms with Gasteiger partial charge in [0.2, 0.25) is 0 Å². The molecule has 0 atom stereocenters. The van der Waals surface area contributed by atoms with E-state index in [9.17, 15) is 13.6 Å². The number of pyridine rings is 1. The van der Waals surface area contributed by atoms with Crippen LogP contribution in [0.25, 0.3) is 0 Å². The van der Waals surface area contributed by atoms with Crippen molar-refractivity contribution in [3.8, 4) is 0 Å². The van der Waals surface area contributed by atoms with Crippen molar-refractivity contribution in [3.05, 3.63) is 27.5 Å². The number of carbonyl (C=O) groups is 1. The Morgan fingerprint density at radius 1 is 1.61 bits per heavy atom. The van der Waals surface area contributed by atoms with Crippen LogP contribution >= 0.6 is 15.9 Å². The fourth-order valence-corrected chi connectivity index (χ4v) is 2.08. The second-order valence-electron chi connectivity index (χ2n) is 3.44. The fraction of sp³-hybridized carbons (Fsp3) is 0.455. The first-order chi connectivity index (χ1) is 8.51. The molecule has 0 spiro atoms. The summed E-state index contributed by atoms with van der Waals surface area (Å²) in [6, 6.07) is 0. The molecule has 1 heterocycles. The molecule has 1 aromatic rings. The van der Waals surface area contributed by atoms with Gasteiger partial charge < -0.3 is 10.5 Å². The summed E-state index contributed by atoms with van der Waals surface area (Å²) in [5, 5.41) is 0. The highest BCUT2D eigenvalue weighted by Gasteiger charge is 2.19. The second-order valence-corrected chi connectivity index (χ2v) is 4.23. The minimum atomic E-state index is -2.65. The van der Waals surface area contributed by atoms with Crippen molar-refractivity contribution in [2.45, 2.75) is 26.3 Å². The van der Waals surface area contributed by atoms with Gasteiger partial charge in [-0.05, 0) is 28.4 Å². The van der Waals surface area contributed by atoms with Crippen molar-refractivity contribution < 1.29 is 18.3 Å². The van der Waals surface area contributed by atoms with Crippen LogP contribution in [0.2, 0.25) is 0 Å². The number of esters is 1. The van der Waals surface area contributed by atoms with E-state index < -0.39 is 12.4 Å². The summed E-state index contributed by atoms with van der Waals surface area (Å²) >= 11 is 3.16. The van der Waals surface area contributed by atoms with Gasteiger partial charge in [-0.1, -0.05) is 0 Å². The minimum absolute atomic E-state index is 0.0569. The zero-order chi connectivity index (χ0) is 13.7. The van der Waals surface area contributed by atoms with Crippen LogP contribution in [-0.2, 0) is 22.5 Å². The van der Waals surface area contributed by atoms with Crippen LogP contribution in [0.4, 0.5) is 8.78 Å². The normalized spacial score (nSPS) is 10.8. The molecule has 0 bridgehead atoms. The predicted octanol–water partition coefficient (Wildman–Crippen LogP) is 2.35. The Balaban J connectivity index is 3.05. The number of ether oxygens (including phenoxy) is 1. The summed E-state index contributed by atoms with van der Waals surface area (Å²) in [5.41, 5.74) is 5.82. The average Bonchev–Trinajstić information content (AvgIpc) is 2.31. The molecule has 0 unspecified atom stereocenters. The molecule has 2 N–H and O–H groups in total. The van der Waals surface area contributed by atoms with E-state index in [0.29, 0.717) is 10.2 Å². The summed E-state index contributed by atoms with van der Waals surface area (Å²) in [6.45, 7) is 1.89. The average molecular weight is 323 g/mol. The molecule has 0 aliphatic heterocycles. The molecular weight excluding hydrogens is 310 g/mol. The highest BCUT2D eigenvalue weighted by atomic mass is 79.9. The van der Waals surface area contributed by atoms with E-state index in [1.54, 1.807) is 6.92 Å². The second kappa shape index (κ2) is 6.75. The quantitative estimate of drug-likeness (QED) is 0.845. The van der Waals surface area contributed by atoms with Crippen molar-refractivity contribution in [3.63, 3.8) is 0 Å². The van der Waals surface area contributed by atoms with E-state index in [-0.39, 0.29) is 30.7 Å². The Kier molecular flexibility index (Phi) is 5.61. The molecule has 18 heavy (non-hydrogen) atoms. The Hall–Kier alpha value is -1.08. The highest BCUT2D eigenvalue weighted by molar-refractivity contribution is 9.10. The zero-order valence-electron chi connectivity index (χ0n) is 9.75. The molecule has 1 aromatic heterocycles. The van der Waals surface area contributed by atoms with Crippen LogP contribution in [0.3, 0.4) is 0 Å². The zero-order valence-corrected chi connectivity index (χ0v) is 11.3. The number of aromatic nitrogens is 1. The van der Waals surface area contributed by atoms with Crippen LogP contribution < -0.4 is 5.73 Å². The van der Waals surface area contributed by atoms with Crippen molar-refractivity contribution in [1.29, 1.82) is 0 Å². The largest absolute Gasteiger partial charge is 0.466 e. The Morgan fingerprint density at radius 2 is 2.28 bits per heavy atom. The number of rotatable bonds is 5. The lowest BCUT2D eigenvalue weighted by atomic mass is 10.1. The molecule has 0 aliphatic rings. The number of nitrogens with zero attached hydrogens (tertiary/aromatic N) is 1. The first-order valence-corrected chi connectivity index (χ1v) is 6.10. The summed E-state index contributed by atoms with van der Waals surface area (Å²) in [4.78, 5) is 15.2. The van der Waals surface area contributed by atoms with Gasteiger partial charge in [0.15, 0.2) is 0 Å². The Labute approximate surface area is 112 Å². The van der Waals surface area contributed by atoms with Gasteiger partial charge in [0.1, 0.15) is 0 Å². The van der Waals surface area contributed by atoms with Gasteiger partial charge in [-0.3, -0.25) is 9.78 Å². The van der Waals surface area contributed by atoms with Gasteiger partial charge in [0.25, 0.3) is 6.43 Å². The monoisotopic (exact) mass is 322 g/mol. The van der Waals surface area contributed by atoms with E-state index in [0.717, 1.165) is 6.20 Å². The lowest BCUT2D eigenvalue weighted by Crippen LogP contribution is -2.12. The SMILES string of the molecule is CCOC(=O)Cc1ncc(C(F)F)c(CN)c1Br.